The molecule has 5 heterocycles. The molecule has 1 N–H and O–H groups in total. The van der Waals surface area contributed by atoms with Gasteiger partial charge in [-0.15, -0.1) is 0 Å². The lowest BCUT2D eigenvalue weighted by molar-refractivity contribution is 0.319. The Hall–Kier alpha value is -2.10. The fourth-order valence-corrected chi connectivity index (χ4v) is 5.56. The number of halogens is 1. The summed E-state index contributed by atoms with van der Waals surface area (Å²) in [5.74, 6) is 0.0513. The molecular weight excluding hydrogens is 424 g/mol. The van der Waals surface area contributed by atoms with Crippen LogP contribution in [-0.4, -0.2) is 57.9 Å². The summed E-state index contributed by atoms with van der Waals surface area (Å²) in [5, 5.41) is 5.62. The van der Waals surface area contributed by atoms with Gasteiger partial charge >= 0.3 is 0 Å². The number of aromatic amines is 1. The molecule has 1 fully saturated rings. The molecule has 3 aromatic rings. The van der Waals surface area contributed by atoms with E-state index in [9.17, 15) is 11.2 Å². The van der Waals surface area contributed by atoms with Crippen molar-refractivity contribution in [2.75, 3.05) is 24.2 Å². The molecule has 0 radical (unpaired) electrons. The minimum Gasteiger partial charge on any atom is -0.360 e. The molecule has 1 atom stereocenters. The SMILES string of the molecule is [2H]C1([2H])c2c(C3CCN(S(C)(=O)=O)CC3)cnn2C[C@@H](C)N1c1cc(Cl)nc2[nH]ccc12. The first-order valence-electron chi connectivity index (χ1n) is 11.0. The molecule has 5 rings (SSSR count). The Morgan fingerprint density at radius 2 is 2.10 bits per heavy atom. The zero-order valence-electron chi connectivity index (χ0n) is 18.8. The largest absolute Gasteiger partial charge is 0.360 e. The Bertz CT molecular complexity index is 1280. The van der Waals surface area contributed by atoms with E-state index in [0.717, 1.165) is 10.9 Å². The Morgan fingerprint density at radius 1 is 1.33 bits per heavy atom. The highest BCUT2D eigenvalue weighted by atomic mass is 35.5. The Balaban J connectivity index is 1.55. The van der Waals surface area contributed by atoms with Gasteiger partial charge in [-0.2, -0.15) is 5.10 Å². The van der Waals surface area contributed by atoms with E-state index in [1.54, 1.807) is 28.0 Å². The van der Waals surface area contributed by atoms with Crippen molar-refractivity contribution >= 4 is 38.3 Å². The summed E-state index contributed by atoms with van der Waals surface area (Å²) < 4.78 is 45.4. The predicted octanol–water partition coefficient (Wildman–Crippen LogP) is 2.96. The quantitative estimate of drug-likeness (QED) is 0.620. The van der Waals surface area contributed by atoms with Crippen molar-refractivity contribution < 1.29 is 11.2 Å². The monoisotopic (exact) mass is 450 g/mol. The van der Waals surface area contributed by atoms with Crippen LogP contribution in [0.5, 0.6) is 0 Å². The van der Waals surface area contributed by atoms with Crippen LogP contribution < -0.4 is 4.90 Å². The molecule has 0 aromatic carbocycles. The number of aromatic nitrogens is 4. The van der Waals surface area contributed by atoms with Gasteiger partial charge in [0.25, 0.3) is 0 Å². The van der Waals surface area contributed by atoms with Crippen molar-refractivity contribution in [3.05, 3.63) is 40.9 Å². The van der Waals surface area contributed by atoms with E-state index in [1.807, 2.05) is 13.0 Å². The highest BCUT2D eigenvalue weighted by Gasteiger charge is 2.32. The fraction of sp³-hybridized carbons (Fsp3) is 0.500. The van der Waals surface area contributed by atoms with Crippen LogP contribution in [0.1, 0.15) is 39.7 Å². The van der Waals surface area contributed by atoms with Gasteiger partial charge in [-0.05, 0) is 43.4 Å². The number of sulfonamides is 1. The maximum Gasteiger partial charge on any atom is 0.211 e. The van der Waals surface area contributed by atoms with Crippen LogP contribution in [0.25, 0.3) is 11.0 Å². The number of H-pyrrole nitrogens is 1. The number of hydrogen-bond acceptors (Lipinski definition) is 5. The minimum absolute atomic E-state index is 0.0513. The zero-order valence-corrected chi connectivity index (χ0v) is 18.4. The number of piperidine rings is 1. The second-order valence-corrected chi connectivity index (χ2v) is 10.5. The standard InChI is InChI=1S/C20H25ClN6O2S/c1-13-11-27-18(12-26(13)17-9-19(21)24-20-15(17)3-6-22-20)16(10-23-27)14-4-7-25(8-5-14)30(2,28)29/h3,6,9-10,13-14H,4-5,7-8,11-12H2,1-2H3,(H,22,24)/t13-/m1/s1/i12D2. The van der Waals surface area contributed by atoms with Gasteiger partial charge < -0.3 is 9.88 Å². The normalized spacial score (nSPS) is 24.0. The van der Waals surface area contributed by atoms with E-state index in [1.165, 1.54) is 10.6 Å². The van der Waals surface area contributed by atoms with E-state index in [-0.39, 0.29) is 12.0 Å². The minimum atomic E-state index is -3.22. The summed E-state index contributed by atoms with van der Waals surface area (Å²) in [7, 11) is -3.22. The molecule has 160 valence electrons. The molecule has 2 aliphatic heterocycles. The summed E-state index contributed by atoms with van der Waals surface area (Å²) in [4.78, 5) is 9.13. The van der Waals surface area contributed by atoms with Crippen LogP contribution >= 0.6 is 11.6 Å². The summed E-state index contributed by atoms with van der Waals surface area (Å²) in [6.45, 7) is 1.52. The van der Waals surface area contributed by atoms with Gasteiger partial charge in [0, 0.05) is 30.7 Å². The van der Waals surface area contributed by atoms with Gasteiger partial charge in [-0.3, -0.25) is 4.68 Å². The van der Waals surface area contributed by atoms with Gasteiger partial charge in [0.15, 0.2) is 0 Å². The molecule has 10 heteroatoms. The molecule has 0 spiro atoms. The van der Waals surface area contributed by atoms with Crippen LogP contribution in [0.3, 0.4) is 0 Å². The van der Waals surface area contributed by atoms with Crippen molar-refractivity contribution in [3.63, 3.8) is 0 Å². The molecule has 0 bridgehead atoms. The van der Waals surface area contributed by atoms with Crippen LogP contribution in [-0.2, 0) is 23.1 Å². The van der Waals surface area contributed by atoms with Gasteiger partial charge in [0.2, 0.25) is 10.0 Å². The van der Waals surface area contributed by atoms with Crippen molar-refractivity contribution in [2.45, 2.75) is 44.8 Å². The van der Waals surface area contributed by atoms with Crippen molar-refractivity contribution in [3.8, 4) is 0 Å². The Morgan fingerprint density at radius 3 is 2.83 bits per heavy atom. The van der Waals surface area contributed by atoms with E-state index in [2.05, 4.69) is 15.1 Å². The number of nitrogens with zero attached hydrogens (tertiary/aromatic N) is 5. The summed E-state index contributed by atoms with van der Waals surface area (Å²) in [5.41, 5.74) is 2.68. The van der Waals surface area contributed by atoms with Gasteiger partial charge in [-0.25, -0.2) is 17.7 Å². The van der Waals surface area contributed by atoms with Gasteiger partial charge in [0.05, 0.1) is 39.6 Å². The van der Waals surface area contributed by atoms with Crippen molar-refractivity contribution in [2.24, 2.45) is 0 Å². The topological polar surface area (TPSA) is 87.1 Å². The summed E-state index contributed by atoms with van der Waals surface area (Å²) in [6, 6.07) is 3.42. The molecule has 0 aliphatic carbocycles. The first-order valence-corrected chi connectivity index (χ1v) is 12.2. The van der Waals surface area contributed by atoms with Gasteiger partial charge in [0.1, 0.15) is 10.8 Å². The maximum absolute atomic E-state index is 11.9. The lowest BCUT2D eigenvalue weighted by atomic mass is 9.90. The molecule has 0 amide bonds. The van der Waals surface area contributed by atoms with Crippen molar-refractivity contribution in [1.29, 1.82) is 0 Å². The predicted molar refractivity (Wildman–Crippen MR) is 117 cm³/mol. The number of hydrogen-bond donors (Lipinski definition) is 1. The highest BCUT2D eigenvalue weighted by molar-refractivity contribution is 7.88. The summed E-state index contributed by atoms with van der Waals surface area (Å²) in [6.07, 6.45) is 6.04. The maximum atomic E-state index is 11.9. The molecule has 0 unspecified atom stereocenters. The van der Waals surface area contributed by atoms with Crippen LogP contribution in [0.15, 0.2) is 24.5 Å². The smallest absolute Gasteiger partial charge is 0.211 e. The number of fused-ring (bicyclic) bond motifs is 2. The Kier molecular flexibility index (Phi) is 4.24. The zero-order chi connectivity index (χ0) is 22.8. The first-order chi connectivity index (χ1) is 15.1. The summed E-state index contributed by atoms with van der Waals surface area (Å²) >= 11 is 6.27. The second-order valence-electron chi connectivity index (χ2n) is 8.10. The molecule has 3 aromatic heterocycles. The third-order valence-corrected chi connectivity index (χ3v) is 7.57. The average molecular weight is 451 g/mol. The first kappa shape index (κ1) is 17.6. The molecule has 8 nitrogen and oxygen atoms in total. The van der Waals surface area contributed by atoms with E-state index in [4.69, 9.17) is 11.6 Å². The van der Waals surface area contributed by atoms with E-state index in [0.29, 0.717) is 54.7 Å². The van der Waals surface area contributed by atoms with Gasteiger partial charge in [-0.1, -0.05) is 11.6 Å². The van der Waals surface area contributed by atoms with Crippen LogP contribution in [0, 0.1) is 0 Å². The number of pyridine rings is 1. The van der Waals surface area contributed by atoms with Crippen molar-refractivity contribution in [1.82, 2.24) is 24.1 Å². The number of anilines is 1. The van der Waals surface area contributed by atoms with E-state index < -0.39 is 16.5 Å². The van der Waals surface area contributed by atoms with Crippen LogP contribution in [0.2, 0.25) is 5.15 Å². The molecular formula is C20H25ClN6O2S. The fourth-order valence-electron chi connectivity index (χ4n) is 4.50. The van der Waals surface area contributed by atoms with E-state index >= 15 is 0 Å². The average Bonchev–Trinajstić information content (AvgIpc) is 3.34. The lowest BCUT2D eigenvalue weighted by Gasteiger charge is -2.37. The number of rotatable bonds is 3. The molecule has 0 saturated carbocycles. The second kappa shape index (κ2) is 7.25. The highest BCUT2D eigenvalue weighted by Crippen LogP contribution is 2.37. The van der Waals surface area contributed by atoms with Crippen LogP contribution in [0.4, 0.5) is 5.69 Å². The molecule has 2 aliphatic rings. The third kappa shape index (κ3) is 3.38. The molecule has 30 heavy (non-hydrogen) atoms. The molecule has 1 saturated heterocycles. The third-order valence-electron chi connectivity index (χ3n) is 6.07. The Labute approximate surface area is 183 Å². The number of nitrogens with one attached hydrogen (secondary N) is 1. The lowest BCUT2D eigenvalue weighted by Crippen LogP contribution is -2.42.